The molecule has 1 rings (SSSR count). The van der Waals surface area contributed by atoms with Gasteiger partial charge in [-0.15, -0.1) is 0 Å². The molecule has 1 aliphatic rings. The van der Waals surface area contributed by atoms with Crippen molar-refractivity contribution in [2.75, 3.05) is 0 Å². The topological polar surface area (TPSA) is 0 Å². The van der Waals surface area contributed by atoms with Crippen molar-refractivity contribution in [3.05, 3.63) is 85.1 Å². The maximum atomic E-state index is 2.28. The highest BCUT2D eigenvalue weighted by Crippen LogP contribution is 2.11. The van der Waals surface area contributed by atoms with Gasteiger partial charge in [-0.05, 0) is 25.7 Å². The fourth-order valence-electron chi connectivity index (χ4n) is 2.75. The zero-order valence-electron chi connectivity index (χ0n) is 15.9. The van der Waals surface area contributed by atoms with Crippen molar-refractivity contribution in [3.8, 4) is 0 Å². The van der Waals surface area contributed by atoms with E-state index in [1.54, 1.807) is 0 Å². The molecule has 25 heavy (non-hydrogen) atoms. The molecule has 0 N–H and O–H groups in total. The van der Waals surface area contributed by atoms with Gasteiger partial charge >= 0.3 is 0 Å². The van der Waals surface area contributed by atoms with Gasteiger partial charge in [-0.25, -0.2) is 0 Å². The second-order valence-electron chi connectivity index (χ2n) is 6.54. The van der Waals surface area contributed by atoms with Crippen molar-refractivity contribution < 1.29 is 0 Å². The Morgan fingerprint density at radius 2 is 0.480 bits per heavy atom. The molecule has 1 aliphatic carbocycles. The first-order valence-corrected chi connectivity index (χ1v) is 10.1. The summed E-state index contributed by atoms with van der Waals surface area (Å²) in [6, 6.07) is 0. The van der Waals surface area contributed by atoms with Crippen molar-refractivity contribution in [2.24, 2.45) is 0 Å². The summed E-state index contributed by atoms with van der Waals surface area (Å²) < 4.78 is 0. The Bertz CT molecular complexity index is 436. The fraction of sp³-hybridized carbons (Fsp3) is 0.440. The molecule has 0 spiro atoms. The van der Waals surface area contributed by atoms with Gasteiger partial charge in [0.15, 0.2) is 0 Å². The summed E-state index contributed by atoms with van der Waals surface area (Å²) in [6.45, 7) is 0. The van der Waals surface area contributed by atoms with Crippen molar-refractivity contribution >= 4 is 0 Å². The van der Waals surface area contributed by atoms with E-state index in [1.165, 1.54) is 70.6 Å². The summed E-state index contributed by atoms with van der Waals surface area (Å²) in [6.07, 6.45) is 44.5. The Balaban J connectivity index is 2.35. The lowest BCUT2D eigenvalue weighted by molar-refractivity contribution is 0.561. The van der Waals surface area contributed by atoms with Crippen LogP contribution in [0.15, 0.2) is 85.1 Å². The molecule has 0 aromatic carbocycles. The standard InChI is InChI=1S/C25H36/c1-2-4-6-8-10-12-14-16-18-20-22-24-25-23-21-19-17-15-13-11-9-7-5-3-1/h1-14H,15-25H2. The molecular formula is C25H36. The molecule has 0 saturated carbocycles. The summed E-state index contributed by atoms with van der Waals surface area (Å²) in [5, 5.41) is 0. The molecule has 0 heterocycles. The van der Waals surface area contributed by atoms with Gasteiger partial charge < -0.3 is 0 Å². The minimum Gasteiger partial charge on any atom is -0.0845 e. The van der Waals surface area contributed by atoms with Gasteiger partial charge in [-0.2, -0.15) is 0 Å². The highest BCUT2D eigenvalue weighted by molar-refractivity contribution is 5.20. The van der Waals surface area contributed by atoms with Crippen molar-refractivity contribution in [1.82, 2.24) is 0 Å². The average Bonchev–Trinajstić information content (AvgIpc) is 2.62. The Kier molecular flexibility index (Phi) is 15.7. The Labute approximate surface area is 156 Å². The molecule has 0 atom stereocenters. The number of hydrogen-bond donors (Lipinski definition) is 0. The molecule has 0 radical (unpaired) electrons. The quantitative estimate of drug-likeness (QED) is 0.418. The van der Waals surface area contributed by atoms with Crippen molar-refractivity contribution in [1.29, 1.82) is 0 Å². The number of allylic oxidation sites excluding steroid dienone is 14. The number of hydrogen-bond acceptors (Lipinski definition) is 0. The molecule has 0 heteroatoms. The van der Waals surface area contributed by atoms with Crippen LogP contribution in [-0.4, -0.2) is 0 Å². The van der Waals surface area contributed by atoms with Gasteiger partial charge in [-0.1, -0.05) is 130 Å². The van der Waals surface area contributed by atoms with Gasteiger partial charge in [0.2, 0.25) is 0 Å². The SMILES string of the molecule is C1=CC=CC=CC=CCCCCCCCCCCCC=CC=CC=C1. The summed E-state index contributed by atoms with van der Waals surface area (Å²) in [7, 11) is 0. The molecule has 0 bridgehead atoms. The summed E-state index contributed by atoms with van der Waals surface area (Å²) >= 11 is 0. The monoisotopic (exact) mass is 336 g/mol. The normalized spacial score (nSPS) is 19.5. The smallest absolute Gasteiger partial charge is 0.0348 e. The summed E-state index contributed by atoms with van der Waals surface area (Å²) in [5.74, 6) is 0. The van der Waals surface area contributed by atoms with Crippen LogP contribution in [0.25, 0.3) is 0 Å². The second kappa shape index (κ2) is 18.5. The molecule has 0 nitrogen and oxygen atoms in total. The van der Waals surface area contributed by atoms with Gasteiger partial charge in [0.05, 0.1) is 0 Å². The van der Waals surface area contributed by atoms with Crippen LogP contribution in [0.5, 0.6) is 0 Å². The summed E-state index contributed by atoms with van der Waals surface area (Å²) in [4.78, 5) is 0. The molecule has 0 saturated heterocycles. The molecule has 0 aromatic heterocycles. The van der Waals surface area contributed by atoms with E-state index in [2.05, 4.69) is 85.1 Å². The zero-order valence-corrected chi connectivity index (χ0v) is 15.9. The molecule has 0 aromatic rings. The van der Waals surface area contributed by atoms with Crippen LogP contribution in [0.4, 0.5) is 0 Å². The highest BCUT2D eigenvalue weighted by Gasteiger charge is 1.92. The maximum Gasteiger partial charge on any atom is -0.0348 e. The Hall–Kier alpha value is -1.82. The minimum absolute atomic E-state index is 1.21. The van der Waals surface area contributed by atoms with E-state index < -0.39 is 0 Å². The fourth-order valence-corrected chi connectivity index (χ4v) is 2.75. The van der Waals surface area contributed by atoms with E-state index in [9.17, 15) is 0 Å². The molecular weight excluding hydrogens is 300 g/mol. The molecule has 0 unspecified atom stereocenters. The zero-order chi connectivity index (χ0) is 17.7. The maximum absolute atomic E-state index is 2.28. The lowest BCUT2D eigenvalue weighted by Gasteiger charge is -2.01. The molecule has 136 valence electrons. The predicted molar refractivity (Wildman–Crippen MR) is 115 cm³/mol. The van der Waals surface area contributed by atoms with Crippen LogP contribution in [0.1, 0.15) is 70.6 Å². The first-order chi connectivity index (χ1) is 12.5. The first kappa shape index (κ1) is 21.2. The van der Waals surface area contributed by atoms with Gasteiger partial charge in [-0.3, -0.25) is 0 Å². The lowest BCUT2D eigenvalue weighted by atomic mass is 10.1. The average molecular weight is 337 g/mol. The van der Waals surface area contributed by atoms with E-state index in [-0.39, 0.29) is 0 Å². The van der Waals surface area contributed by atoms with Gasteiger partial charge in [0, 0.05) is 0 Å². The van der Waals surface area contributed by atoms with Crippen molar-refractivity contribution in [3.63, 3.8) is 0 Å². The van der Waals surface area contributed by atoms with Crippen LogP contribution in [0, 0.1) is 0 Å². The van der Waals surface area contributed by atoms with Crippen LogP contribution in [-0.2, 0) is 0 Å². The van der Waals surface area contributed by atoms with E-state index in [4.69, 9.17) is 0 Å². The van der Waals surface area contributed by atoms with Crippen molar-refractivity contribution in [2.45, 2.75) is 70.6 Å². The van der Waals surface area contributed by atoms with Gasteiger partial charge in [0.25, 0.3) is 0 Å². The van der Waals surface area contributed by atoms with Crippen LogP contribution in [0.2, 0.25) is 0 Å². The second-order valence-corrected chi connectivity index (χ2v) is 6.54. The molecule has 0 amide bonds. The van der Waals surface area contributed by atoms with E-state index in [0.717, 1.165) is 0 Å². The Morgan fingerprint density at radius 3 is 0.800 bits per heavy atom. The lowest BCUT2D eigenvalue weighted by Crippen LogP contribution is -1.81. The molecule has 0 fully saturated rings. The Morgan fingerprint density at radius 1 is 0.240 bits per heavy atom. The third-order valence-corrected chi connectivity index (χ3v) is 4.24. The minimum atomic E-state index is 1.21. The third-order valence-electron chi connectivity index (χ3n) is 4.24. The largest absolute Gasteiger partial charge is 0.0845 e. The van der Waals surface area contributed by atoms with Crippen LogP contribution < -0.4 is 0 Å². The predicted octanol–water partition coefficient (Wildman–Crippen LogP) is 8.18. The summed E-state index contributed by atoms with van der Waals surface area (Å²) in [5.41, 5.74) is 0. The van der Waals surface area contributed by atoms with E-state index >= 15 is 0 Å². The van der Waals surface area contributed by atoms with E-state index in [1.807, 2.05) is 0 Å². The third kappa shape index (κ3) is 16.8. The first-order valence-electron chi connectivity index (χ1n) is 10.1. The van der Waals surface area contributed by atoms with Gasteiger partial charge in [0.1, 0.15) is 0 Å². The number of rotatable bonds is 0. The van der Waals surface area contributed by atoms with Crippen LogP contribution >= 0.6 is 0 Å². The highest BCUT2D eigenvalue weighted by atomic mass is 14.0. The van der Waals surface area contributed by atoms with E-state index in [0.29, 0.717) is 0 Å². The van der Waals surface area contributed by atoms with Crippen LogP contribution in [0.3, 0.4) is 0 Å². The molecule has 0 aliphatic heterocycles.